The van der Waals surface area contributed by atoms with Crippen molar-refractivity contribution in [2.24, 2.45) is 0 Å². The molecule has 0 amide bonds. The van der Waals surface area contributed by atoms with Crippen LogP contribution in [0.1, 0.15) is 31.9 Å². The molecule has 0 unspecified atom stereocenters. The number of aromatic nitrogens is 2. The summed E-state index contributed by atoms with van der Waals surface area (Å²) in [6, 6.07) is 6.01. The monoisotopic (exact) mass is 277 g/mol. The van der Waals surface area contributed by atoms with Crippen molar-refractivity contribution in [3.63, 3.8) is 0 Å². The Bertz CT molecular complexity index is 567. The molecule has 0 saturated heterocycles. The quantitative estimate of drug-likeness (QED) is 0.911. The Kier molecular flexibility index (Phi) is 3.85. The molecular formula is C15H20ClN3. The van der Waals surface area contributed by atoms with E-state index in [1.165, 1.54) is 0 Å². The van der Waals surface area contributed by atoms with Crippen LogP contribution in [-0.2, 0) is 12.1 Å². The van der Waals surface area contributed by atoms with Gasteiger partial charge in [-0.25, -0.2) is 0 Å². The summed E-state index contributed by atoms with van der Waals surface area (Å²) in [5, 5.41) is 8.47. The molecule has 0 bridgehead atoms. The molecule has 2 aromatic rings. The van der Waals surface area contributed by atoms with E-state index in [0.29, 0.717) is 0 Å². The predicted octanol–water partition coefficient (Wildman–Crippen LogP) is 4.21. The number of nitrogens with zero attached hydrogens (tertiary/aromatic N) is 2. The van der Waals surface area contributed by atoms with Gasteiger partial charge in [0.25, 0.3) is 0 Å². The molecule has 0 aliphatic heterocycles. The zero-order chi connectivity index (χ0) is 14.0. The van der Waals surface area contributed by atoms with Crippen LogP contribution in [0.2, 0.25) is 5.02 Å². The van der Waals surface area contributed by atoms with Gasteiger partial charge in [0, 0.05) is 18.3 Å². The smallest absolute Gasteiger partial charge is 0.0640 e. The first kappa shape index (κ1) is 13.9. The number of hydrogen-bond acceptors (Lipinski definition) is 2. The fraction of sp³-hybridized carbons (Fsp3) is 0.400. The van der Waals surface area contributed by atoms with Gasteiger partial charge < -0.3 is 5.32 Å². The number of hydrogen-bond donors (Lipinski definition) is 1. The van der Waals surface area contributed by atoms with Crippen LogP contribution in [0.15, 0.2) is 30.6 Å². The van der Waals surface area contributed by atoms with E-state index in [0.717, 1.165) is 28.4 Å². The summed E-state index contributed by atoms with van der Waals surface area (Å²) in [6.45, 7) is 9.15. The van der Waals surface area contributed by atoms with E-state index in [1.54, 1.807) is 0 Å². The molecule has 0 aliphatic rings. The average molecular weight is 278 g/mol. The second-order valence-electron chi connectivity index (χ2n) is 5.80. The van der Waals surface area contributed by atoms with Crippen LogP contribution in [0, 0.1) is 6.92 Å². The summed E-state index contributed by atoms with van der Waals surface area (Å²) < 4.78 is 1.97. The first-order valence-electron chi connectivity index (χ1n) is 6.40. The van der Waals surface area contributed by atoms with Crippen molar-refractivity contribution in [1.29, 1.82) is 0 Å². The molecule has 1 heterocycles. The molecule has 1 aromatic heterocycles. The van der Waals surface area contributed by atoms with Gasteiger partial charge in [-0.15, -0.1) is 0 Å². The second-order valence-corrected chi connectivity index (χ2v) is 6.21. The largest absolute Gasteiger partial charge is 0.380 e. The third-order valence-electron chi connectivity index (χ3n) is 2.93. The Hall–Kier alpha value is -1.48. The van der Waals surface area contributed by atoms with Gasteiger partial charge in [-0.3, -0.25) is 4.68 Å². The lowest BCUT2D eigenvalue weighted by Gasteiger charge is -2.18. The maximum Gasteiger partial charge on any atom is 0.0640 e. The third kappa shape index (κ3) is 3.51. The van der Waals surface area contributed by atoms with Gasteiger partial charge in [-0.2, -0.15) is 5.10 Å². The van der Waals surface area contributed by atoms with Gasteiger partial charge in [-0.05, 0) is 45.4 Å². The van der Waals surface area contributed by atoms with Crippen LogP contribution in [-0.4, -0.2) is 9.78 Å². The summed E-state index contributed by atoms with van der Waals surface area (Å²) in [5.74, 6) is 0. The zero-order valence-electron chi connectivity index (χ0n) is 11.9. The molecular weight excluding hydrogens is 258 g/mol. The average Bonchev–Trinajstić information content (AvgIpc) is 2.76. The SMILES string of the molecule is Cc1ccc(NCc2cnn(C(C)(C)C)c2)c(Cl)c1. The molecule has 4 heteroatoms. The summed E-state index contributed by atoms with van der Waals surface area (Å²) in [4.78, 5) is 0. The number of rotatable bonds is 3. The van der Waals surface area contributed by atoms with Crippen molar-refractivity contribution in [2.75, 3.05) is 5.32 Å². The van der Waals surface area contributed by atoms with Crippen molar-refractivity contribution in [3.8, 4) is 0 Å². The summed E-state index contributed by atoms with van der Waals surface area (Å²) in [7, 11) is 0. The Morgan fingerprint density at radius 3 is 2.63 bits per heavy atom. The fourth-order valence-electron chi connectivity index (χ4n) is 1.78. The molecule has 102 valence electrons. The van der Waals surface area contributed by atoms with Crippen LogP contribution >= 0.6 is 11.6 Å². The van der Waals surface area contributed by atoms with Crippen molar-refractivity contribution < 1.29 is 0 Å². The first-order chi connectivity index (χ1) is 8.86. The molecule has 3 nitrogen and oxygen atoms in total. The first-order valence-corrected chi connectivity index (χ1v) is 6.78. The van der Waals surface area contributed by atoms with Crippen LogP contribution < -0.4 is 5.32 Å². The van der Waals surface area contributed by atoms with Crippen molar-refractivity contribution >= 4 is 17.3 Å². The topological polar surface area (TPSA) is 29.9 Å². The molecule has 0 atom stereocenters. The number of nitrogens with one attached hydrogen (secondary N) is 1. The molecule has 0 spiro atoms. The molecule has 0 radical (unpaired) electrons. The van der Waals surface area contributed by atoms with E-state index in [4.69, 9.17) is 11.6 Å². The van der Waals surface area contributed by atoms with E-state index < -0.39 is 0 Å². The number of halogens is 1. The molecule has 1 aromatic carbocycles. The van der Waals surface area contributed by atoms with Crippen LogP contribution in [0.25, 0.3) is 0 Å². The minimum Gasteiger partial charge on any atom is -0.380 e. The Morgan fingerprint density at radius 2 is 2.05 bits per heavy atom. The highest BCUT2D eigenvalue weighted by Crippen LogP contribution is 2.23. The van der Waals surface area contributed by atoms with Gasteiger partial charge in [0.1, 0.15) is 0 Å². The summed E-state index contributed by atoms with van der Waals surface area (Å²) in [5.41, 5.74) is 3.28. The highest BCUT2D eigenvalue weighted by Gasteiger charge is 2.13. The standard InChI is InChI=1S/C15H20ClN3/c1-11-5-6-14(13(16)7-11)17-8-12-9-18-19(10-12)15(2,3)4/h5-7,9-10,17H,8H2,1-4H3. The molecule has 0 saturated carbocycles. The maximum absolute atomic E-state index is 6.19. The van der Waals surface area contributed by atoms with E-state index in [9.17, 15) is 0 Å². The Labute approximate surface area is 119 Å². The van der Waals surface area contributed by atoms with E-state index in [-0.39, 0.29) is 5.54 Å². The third-order valence-corrected chi connectivity index (χ3v) is 3.24. The zero-order valence-corrected chi connectivity index (χ0v) is 12.6. The van der Waals surface area contributed by atoms with Crippen LogP contribution in [0.4, 0.5) is 5.69 Å². The molecule has 19 heavy (non-hydrogen) atoms. The lowest BCUT2D eigenvalue weighted by Crippen LogP contribution is -2.21. The lowest BCUT2D eigenvalue weighted by molar-refractivity contribution is 0.355. The summed E-state index contributed by atoms with van der Waals surface area (Å²) in [6.07, 6.45) is 3.95. The van der Waals surface area contributed by atoms with E-state index in [2.05, 4.69) is 37.4 Å². The normalized spacial score (nSPS) is 11.6. The fourth-order valence-corrected chi connectivity index (χ4v) is 2.08. The van der Waals surface area contributed by atoms with Crippen LogP contribution in [0.5, 0.6) is 0 Å². The van der Waals surface area contributed by atoms with Gasteiger partial charge >= 0.3 is 0 Å². The number of aryl methyl sites for hydroxylation is 1. The predicted molar refractivity (Wildman–Crippen MR) is 80.7 cm³/mol. The molecule has 0 aliphatic carbocycles. The molecule has 2 rings (SSSR count). The van der Waals surface area contributed by atoms with Gasteiger partial charge in [0.05, 0.1) is 22.4 Å². The van der Waals surface area contributed by atoms with Crippen LogP contribution in [0.3, 0.4) is 0 Å². The van der Waals surface area contributed by atoms with Crippen molar-refractivity contribution in [1.82, 2.24) is 9.78 Å². The second kappa shape index (κ2) is 5.25. The number of anilines is 1. The highest BCUT2D eigenvalue weighted by atomic mass is 35.5. The Morgan fingerprint density at radius 1 is 1.32 bits per heavy atom. The molecule has 1 N–H and O–H groups in total. The van der Waals surface area contributed by atoms with Gasteiger partial charge in [0.2, 0.25) is 0 Å². The maximum atomic E-state index is 6.19. The number of benzene rings is 1. The Balaban J connectivity index is 2.04. The van der Waals surface area contributed by atoms with Crippen molar-refractivity contribution in [3.05, 3.63) is 46.7 Å². The van der Waals surface area contributed by atoms with E-state index >= 15 is 0 Å². The molecule has 0 fully saturated rings. The van der Waals surface area contributed by atoms with Crippen molar-refractivity contribution in [2.45, 2.75) is 39.8 Å². The summed E-state index contributed by atoms with van der Waals surface area (Å²) >= 11 is 6.19. The van der Waals surface area contributed by atoms with E-state index in [1.807, 2.05) is 36.0 Å². The lowest BCUT2D eigenvalue weighted by atomic mass is 10.1. The minimum absolute atomic E-state index is 0.0136. The van der Waals surface area contributed by atoms with Gasteiger partial charge in [-0.1, -0.05) is 17.7 Å². The minimum atomic E-state index is 0.0136. The van der Waals surface area contributed by atoms with Gasteiger partial charge in [0.15, 0.2) is 0 Å². The highest BCUT2D eigenvalue weighted by molar-refractivity contribution is 6.33.